The van der Waals surface area contributed by atoms with Crippen LogP contribution in [0.4, 0.5) is 13.2 Å². The van der Waals surface area contributed by atoms with E-state index in [9.17, 15) is 18.0 Å². The molecule has 0 atom stereocenters. The summed E-state index contributed by atoms with van der Waals surface area (Å²) in [5.41, 5.74) is 1.29. The Hall–Kier alpha value is -2.44. The number of halogens is 3. The molecule has 1 aromatic heterocycles. The fourth-order valence-electron chi connectivity index (χ4n) is 2.44. The van der Waals surface area contributed by atoms with E-state index in [1.54, 1.807) is 6.20 Å². The number of methoxy groups -OCH3 is 1. The van der Waals surface area contributed by atoms with Crippen LogP contribution in [-0.4, -0.2) is 23.0 Å². The van der Waals surface area contributed by atoms with Gasteiger partial charge in [0.05, 0.1) is 24.8 Å². The van der Waals surface area contributed by atoms with Gasteiger partial charge in [-0.05, 0) is 25.0 Å². The molecular weight excluding hydrogens is 321 g/mol. The Labute approximate surface area is 136 Å². The highest BCUT2D eigenvalue weighted by molar-refractivity contribution is 5.73. The van der Waals surface area contributed by atoms with Gasteiger partial charge in [0.25, 0.3) is 0 Å². The first-order valence-corrected chi connectivity index (χ1v) is 7.48. The zero-order valence-electron chi connectivity index (χ0n) is 12.9. The maximum atomic E-state index is 12.6. The van der Waals surface area contributed by atoms with Gasteiger partial charge in [-0.1, -0.05) is 12.1 Å². The molecule has 7 heteroatoms. The second-order valence-corrected chi connectivity index (χ2v) is 5.71. The van der Waals surface area contributed by atoms with Crippen LogP contribution in [0.25, 0.3) is 11.4 Å². The topological polar surface area (TPSA) is 52.1 Å². The minimum atomic E-state index is -4.37. The normalized spacial score (nSPS) is 14.5. The number of benzene rings is 1. The van der Waals surface area contributed by atoms with Crippen molar-refractivity contribution in [2.75, 3.05) is 7.11 Å². The van der Waals surface area contributed by atoms with Crippen molar-refractivity contribution >= 4 is 5.97 Å². The first-order valence-electron chi connectivity index (χ1n) is 7.48. The molecule has 0 aliphatic heterocycles. The van der Waals surface area contributed by atoms with Gasteiger partial charge >= 0.3 is 12.1 Å². The summed E-state index contributed by atoms with van der Waals surface area (Å²) >= 11 is 0. The van der Waals surface area contributed by atoms with Crippen LogP contribution in [0, 0.1) is 0 Å². The molecule has 4 nitrogen and oxygen atoms in total. The van der Waals surface area contributed by atoms with E-state index in [0.717, 1.165) is 30.7 Å². The Morgan fingerprint density at radius 1 is 1.25 bits per heavy atom. The van der Waals surface area contributed by atoms with Crippen molar-refractivity contribution in [3.05, 3.63) is 47.3 Å². The summed E-state index contributed by atoms with van der Waals surface area (Å²) in [6.45, 7) is 0. The lowest BCUT2D eigenvalue weighted by Gasteiger charge is -2.10. The number of carbonyl (C=O) groups excluding carboxylic acids is 1. The number of carbonyl (C=O) groups is 1. The van der Waals surface area contributed by atoms with Gasteiger partial charge in [-0.25, -0.2) is 9.97 Å². The zero-order chi connectivity index (χ0) is 17.3. The molecule has 0 N–H and O–H groups in total. The Balaban J connectivity index is 1.91. The largest absolute Gasteiger partial charge is 0.469 e. The summed E-state index contributed by atoms with van der Waals surface area (Å²) in [4.78, 5) is 20.2. The minimum absolute atomic E-state index is 0.0929. The molecule has 0 bridgehead atoms. The third-order valence-electron chi connectivity index (χ3n) is 3.89. The van der Waals surface area contributed by atoms with Gasteiger partial charge < -0.3 is 4.74 Å². The van der Waals surface area contributed by atoms with E-state index >= 15 is 0 Å². The van der Waals surface area contributed by atoms with Crippen LogP contribution in [0.5, 0.6) is 0 Å². The molecule has 0 radical (unpaired) electrons. The number of ether oxygens (including phenoxy) is 1. The summed E-state index contributed by atoms with van der Waals surface area (Å²) in [7, 11) is 1.32. The number of alkyl halides is 3. The molecule has 126 valence electrons. The molecule has 0 saturated heterocycles. The second-order valence-electron chi connectivity index (χ2n) is 5.71. The molecule has 1 heterocycles. The van der Waals surface area contributed by atoms with Crippen molar-refractivity contribution < 1.29 is 22.7 Å². The third kappa shape index (κ3) is 3.55. The Bertz CT molecular complexity index is 753. The molecule has 2 aromatic rings. The van der Waals surface area contributed by atoms with E-state index in [0.29, 0.717) is 17.0 Å². The first kappa shape index (κ1) is 16.4. The quantitative estimate of drug-likeness (QED) is 0.798. The number of esters is 1. The van der Waals surface area contributed by atoms with Crippen molar-refractivity contribution in [3.8, 4) is 11.4 Å². The molecule has 1 saturated carbocycles. The van der Waals surface area contributed by atoms with Gasteiger partial charge in [-0.15, -0.1) is 0 Å². The molecule has 1 aromatic carbocycles. The van der Waals surface area contributed by atoms with Crippen molar-refractivity contribution in [3.63, 3.8) is 0 Å². The first-order chi connectivity index (χ1) is 11.4. The Kier molecular flexibility index (Phi) is 4.26. The molecule has 3 rings (SSSR count). The second kappa shape index (κ2) is 6.22. The SMILES string of the molecule is COC(=O)Cc1cnc(-c2ccc(C(F)(F)F)cc2)nc1C1CC1. The van der Waals surface area contributed by atoms with Crippen LogP contribution in [0.3, 0.4) is 0 Å². The summed E-state index contributed by atoms with van der Waals surface area (Å²) in [6.07, 6.45) is -0.752. The minimum Gasteiger partial charge on any atom is -0.469 e. The average Bonchev–Trinajstić information content (AvgIpc) is 3.39. The van der Waals surface area contributed by atoms with E-state index in [1.807, 2.05) is 0 Å². The summed E-state index contributed by atoms with van der Waals surface area (Å²) in [6, 6.07) is 4.74. The van der Waals surface area contributed by atoms with Crippen LogP contribution in [0.2, 0.25) is 0 Å². The van der Waals surface area contributed by atoms with E-state index in [2.05, 4.69) is 14.7 Å². The highest BCUT2D eigenvalue weighted by Gasteiger charge is 2.31. The number of hydrogen-bond acceptors (Lipinski definition) is 4. The predicted molar refractivity (Wildman–Crippen MR) is 80.2 cm³/mol. The lowest BCUT2D eigenvalue weighted by molar-refractivity contribution is -0.140. The third-order valence-corrected chi connectivity index (χ3v) is 3.89. The number of nitrogens with zero attached hydrogens (tertiary/aromatic N) is 2. The fraction of sp³-hybridized carbons (Fsp3) is 0.353. The van der Waals surface area contributed by atoms with Crippen LogP contribution >= 0.6 is 0 Å². The van der Waals surface area contributed by atoms with Gasteiger partial charge in [0.2, 0.25) is 0 Å². The highest BCUT2D eigenvalue weighted by atomic mass is 19.4. The van der Waals surface area contributed by atoms with Crippen molar-refractivity contribution in [2.45, 2.75) is 31.4 Å². The van der Waals surface area contributed by atoms with Gasteiger partial charge in [-0.3, -0.25) is 4.79 Å². The van der Waals surface area contributed by atoms with Gasteiger partial charge in [0.1, 0.15) is 0 Å². The zero-order valence-corrected chi connectivity index (χ0v) is 12.9. The number of hydrogen-bond donors (Lipinski definition) is 0. The average molecular weight is 336 g/mol. The number of aromatic nitrogens is 2. The fourth-order valence-corrected chi connectivity index (χ4v) is 2.44. The Morgan fingerprint density at radius 3 is 2.46 bits per heavy atom. The van der Waals surface area contributed by atoms with Crippen molar-refractivity contribution in [1.29, 1.82) is 0 Å². The van der Waals surface area contributed by atoms with E-state index in [-0.39, 0.29) is 18.3 Å². The smallest absolute Gasteiger partial charge is 0.416 e. The summed E-state index contributed by atoms with van der Waals surface area (Å²) in [5.74, 6) is 0.267. The van der Waals surface area contributed by atoms with E-state index in [4.69, 9.17) is 0 Å². The molecule has 1 fully saturated rings. The van der Waals surface area contributed by atoms with Crippen LogP contribution < -0.4 is 0 Å². The molecule has 1 aliphatic carbocycles. The lowest BCUT2D eigenvalue weighted by atomic mass is 10.1. The molecule has 0 spiro atoms. The Morgan fingerprint density at radius 2 is 1.92 bits per heavy atom. The summed E-state index contributed by atoms with van der Waals surface area (Å²) < 4.78 is 42.6. The molecular formula is C17H15F3N2O2. The maximum absolute atomic E-state index is 12.6. The van der Waals surface area contributed by atoms with Gasteiger partial charge in [-0.2, -0.15) is 13.2 Å². The van der Waals surface area contributed by atoms with E-state index in [1.165, 1.54) is 19.2 Å². The molecule has 24 heavy (non-hydrogen) atoms. The maximum Gasteiger partial charge on any atom is 0.416 e. The molecule has 0 unspecified atom stereocenters. The van der Waals surface area contributed by atoms with Gasteiger partial charge in [0, 0.05) is 23.2 Å². The van der Waals surface area contributed by atoms with Crippen molar-refractivity contribution in [1.82, 2.24) is 9.97 Å². The summed E-state index contributed by atoms with van der Waals surface area (Å²) in [5, 5.41) is 0. The molecule has 0 amide bonds. The van der Waals surface area contributed by atoms with Crippen molar-refractivity contribution in [2.24, 2.45) is 0 Å². The standard InChI is InChI=1S/C17H15F3N2O2/c1-24-14(23)8-12-9-21-16(22-15(12)10-2-3-10)11-4-6-13(7-5-11)17(18,19)20/h4-7,9-10H,2-3,8H2,1H3. The lowest BCUT2D eigenvalue weighted by Crippen LogP contribution is -2.09. The molecule has 1 aliphatic rings. The van der Waals surface area contributed by atoms with Crippen LogP contribution in [0.15, 0.2) is 30.5 Å². The predicted octanol–water partition coefficient (Wildman–Crippen LogP) is 3.76. The number of rotatable bonds is 4. The van der Waals surface area contributed by atoms with E-state index < -0.39 is 11.7 Å². The monoisotopic (exact) mass is 336 g/mol. The van der Waals surface area contributed by atoms with Gasteiger partial charge in [0.15, 0.2) is 5.82 Å². The van der Waals surface area contributed by atoms with Crippen LogP contribution in [0.1, 0.15) is 35.6 Å². The van der Waals surface area contributed by atoms with Crippen LogP contribution in [-0.2, 0) is 22.1 Å². The highest BCUT2D eigenvalue weighted by Crippen LogP contribution is 2.41.